The van der Waals surface area contributed by atoms with Crippen molar-refractivity contribution in [1.29, 1.82) is 0 Å². The maximum Gasteiger partial charge on any atom is 0.0110 e. The van der Waals surface area contributed by atoms with Crippen LogP contribution in [0.3, 0.4) is 0 Å². The molecule has 2 aliphatic rings. The Bertz CT molecular complexity index is 194. The zero-order chi connectivity index (χ0) is 11.4. The number of halogens is 1. The van der Waals surface area contributed by atoms with Gasteiger partial charge in [0.1, 0.15) is 0 Å². The SMILES string of the molecule is CCC(CBr)CN1CCN(CC2CC2)CC1. The lowest BCUT2D eigenvalue weighted by atomic mass is 10.1. The summed E-state index contributed by atoms with van der Waals surface area (Å²) in [6.07, 6.45) is 4.27. The molecule has 0 aromatic carbocycles. The molecular formula is C13H25BrN2. The molecule has 3 heteroatoms. The van der Waals surface area contributed by atoms with E-state index in [1.165, 1.54) is 58.5 Å². The van der Waals surface area contributed by atoms with Gasteiger partial charge in [-0.25, -0.2) is 0 Å². The average molecular weight is 289 g/mol. The largest absolute Gasteiger partial charge is 0.301 e. The van der Waals surface area contributed by atoms with Crippen LogP contribution < -0.4 is 0 Å². The topological polar surface area (TPSA) is 6.48 Å². The fraction of sp³-hybridized carbons (Fsp3) is 1.00. The van der Waals surface area contributed by atoms with E-state index in [0.717, 1.165) is 17.2 Å². The molecule has 0 spiro atoms. The predicted octanol–water partition coefficient (Wildman–Crippen LogP) is 2.44. The maximum absolute atomic E-state index is 3.62. The standard InChI is InChI=1S/C13H25BrN2/c1-2-12(9-14)10-15-5-7-16(8-6-15)11-13-3-4-13/h12-13H,2-11H2,1H3. The molecule has 2 rings (SSSR count). The molecule has 2 nitrogen and oxygen atoms in total. The van der Waals surface area contributed by atoms with Gasteiger partial charge >= 0.3 is 0 Å². The Balaban J connectivity index is 1.63. The molecule has 2 fully saturated rings. The molecule has 0 aromatic rings. The minimum absolute atomic E-state index is 0.843. The van der Waals surface area contributed by atoms with Gasteiger partial charge in [-0.3, -0.25) is 0 Å². The second-order valence-corrected chi connectivity index (χ2v) is 6.12. The van der Waals surface area contributed by atoms with Gasteiger partial charge in [-0.15, -0.1) is 0 Å². The van der Waals surface area contributed by atoms with Crippen molar-refractivity contribution < 1.29 is 0 Å². The van der Waals surface area contributed by atoms with Crippen LogP contribution in [0.5, 0.6) is 0 Å². The van der Waals surface area contributed by atoms with Gasteiger partial charge in [-0.2, -0.15) is 0 Å². The van der Waals surface area contributed by atoms with Gasteiger partial charge in [0.05, 0.1) is 0 Å². The number of hydrogen-bond donors (Lipinski definition) is 0. The lowest BCUT2D eigenvalue weighted by Crippen LogP contribution is -2.48. The number of rotatable bonds is 6. The summed E-state index contributed by atoms with van der Waals surface area (Å²) < 4.78 is 0. The zero-order valence-electron chi connectivity index (χ0n) is 10.5. The fourth-order valence-electron chi connectivity index (χ4n) is 2.47. The zero-order valence-corrected chi connectivity index (χ0v) is 12.1. The van der Waals surface area contributed by atoms with Crippen molar-refractivity contribution in [3.63, 3.8) is 0 Å². The van der Waals surface area contributed by atoms with Crippen molar-refractivity contribution in [2.75, 3.05) is 44.6 Å². The van der Waals surface area contributed by atoms with Gasteiger partial charge < -0.3 is 9.80 Å². The fourth-order valence-corrected chi connectivity index (χ4v) is 3.13. The van der Waals surface area contributed by atoms with Gasteiger partial charge in [0.2, 0.25) is 0 Å². The first-order chi connectivity index (χ1) is 7.81. The summed E-state index contributed by atoms with van der Waals surface area (Å²) in [5.74, 6) is 1.90. The van der Waals surface area contributed by atoms with Crippen LogP contribution in [-0.4, -0.2) is 54.4 Å². The molecule has 0 bridgehead atoms. The minimum Gasteiger partial charge on any atom is -0.301 e. The van der Waals surface area contributed by atoms with Gasteiger partial charge in [0.25, 0.3) is 0 Å². The molecule has 1 unspecified atom stereocenters. The van der Waals surface area contributed by atoms with Crippen molar-refractivity contribution in [2.45, 2.75) is 26.2 Å². The first kappa shape index (κ1) is 12.8. The van der Waals surface area contributed by atoms with Crippen LogP contribution >= 0.6 is 15.9 Å². The highest BCUT2D eigenvalue weighted by molar-refractivity contribution is 9.09. The smallest absolute Gasteiger partial charge is 0.0110 e. The number of nitrogens with zero attached hydrogens (tertiary/aromatic N) is 2. The highest BCUT2D eigenvalue weighted by Gasteiger charge is 2.26. The van der Waals surface area contributed by atoms with E-state index in [9.17, 15) is 0 Å². The summed E-state index contributed by atoms with van der Waals surface area (Å²) in [7, 11) is 0. The molecular weight excluding hydrogens is 264 g/mol. The molecule has 16 heavy (non-hydrogen) atoms. The first-order valence-corrected chi connectivity index (χ1v) is 7.94. The molecule has 1 saturated carbocycles. The molecule has 0 radical (unpaired) electrons. The third-order valence-corrected chi connectivity index (χ3v) is 4.91. The molecule has 94 valence electrons. The number of hydrogen-bond acceptors (Lipinski definition) is 2. The van der Waals surface area contributed by atoms with Crippen LogP contribution in [-0.2, 0) is 0 Å². The van der Waals surface area contributed by atoms with Crippen LogP contribution in [0.4, 0.5) is 0 Å². The summed E-state index contributed by atoms with van der Waals surface area (Å²) in [5, 5.41) is 1.16. The first-order valence-electron chi connectivity index (χ1n) is 6.82. The number of piperazine rings is 1. The Hall–Kier alpha value is 0.400. The van der Waals surface area contributed by atoms with Crippen molar-refractivity contribution >= 4 is 15.9 Å². The Morgan fingerprint density at radius 3 is 2.25 bits per heavy atom. The molecule has 1 saturated heterocycles. The van der Waals surface area contributed by atoms with E-state index in [1.54, 1.807) is 0 Å². The van der Waals surface area contributed by atoms with Gasteiger partial charge in [-0.1, -0.05) is 29.3 Å². The molecule has 0 aromatic heterocycles. The molecule has 1 aliphatic heterocycles. The molecule has 0 amide bonds. The molecule has 1 heterocycles. The molecule has 1 aliphatic carbocycles. The van der Waals surface area contributed by atoms with Gasteiger partial charge in [0.15, 0.2) is 0 Å². The van der Waals surface area contributed by atoms with Gasteiger partial charge in [-0.05, 0) is 24.7 Å². The van der Waals surface area contributed by atoms with Crippen LogP contribution in [0.2, 0.25) is 0 Å². The van der Waals surface area contributed by atoms with Crippen molar-refractivity contribution in [3.05, 3.63) is 0 Å². The lowest BCUT2D eigenvalue weighted by molar-refractivity contribution is 0.117. The van der Waals surface area contributed by atoms with E-state index in [4.69, 9.17) is 0 Å². The normalized spacial score (nSPS) is 25.9. The van der Waals surface area contributed by atoms with Crippen LogP contribution in [0.25, 0.3) is 0 Å². The lowest BCUT2D eigenvalue weighted by Gasteiger charge is -2.36. The Labute approximate surface area is 108 Å². The Kier molecular flexibility index (Phi) is 5.11. The summed E-state index contributed by atoms with van der Waals surface area (Å²) in [6.45, 7) is 10.1. The Morgan fingerprint density at radius 2 is 1.75 bits per heavy atom. The van der Waals surface area contributed by atoms with Crippen LogP contribution in [0.1, 0.15) is 26.2 Å². The highest BCUT2D eigenvalue weighted by Crippen LogP contribution is 2.29. The van der Waals surface area contributed by atoms with Crippen molar-refractivity contribution in [2.24, 2.45) is 11.8 Å². The monoisotopic (exact) mass is 288 g/mol. The van der Waals surface area contributed by atoms with E-state index in [2.05, 4.69) is 32.7 Å². The van der Waals surface area contributed by atoms with Gasteiger partial charge in [0, 0.05) is 44.6 Å². The second-order valence-electron chi connectivity index (χ2n) is 5.47. The van der Waals surface area contributed by atoms with Crippen molar-refractivity contribution in [3.8, 4) is 0 Å². The van der Waals surface area contributed by atoms with E-state index < -0.39 is 0 Å². The quantitative estimate of drug-likeness (QED) is 0.693. The summed E-state index contributed by atoms with van der Waals surface area (Å²) in [5.41, 5.74) is 0. The third-order valence-electron chi connectivity index (χ3n) is 3.99. The second kappa shape index (κ2) is 6.36. The predicted molar refractivity (Wildman–Crippen MR) is 73.2 cm³/mol. The average Bonchev–Trinajstić information content (AvgIpc) is 3.12. The van der Waals surface area contributed by atoms with E-state index >= 15 is 0 Å². The number of alkyl halides is 1. The Morgan fingerprint density at radius 1 is 1.12 bits per heavy atom. The van der Waals surface area contributed by atoms with E-state index in [-0.39, 0.29) is 0 Å². The summed E-state index contributed by atoms with van der Waals surface area (Å²) in [4.78, 5) is 5.32. The van der Waals surface area contributed by atoms with Crippen molar-refractivity contribution in [1.82, 2.24) is 9.80 Å². The van der Waals surface area contributed by atoms with Crippen LogP contribution in [0, 0.1) is 11.8 Å². The van der Waals surface area contributed by atoms with E-state index in [0.29, 0.717) is 0 Å². The third kappa shape index (κ3) is 4.01. The van der Waals surface area contributed by atoms with E-state index in [1.807, 2.05) is 0 Å². The summed E-state index contributed by atoms with van der Waals surface area (Å²) in [6, 6.07) is 0. The highest BCUT2D eigenvalue weighted by atomic mass is 79.9. The molecule has 1 atom stereocenters. The minimum atomic E-state index is 0.843. The summed E-state index contributed by atoms with van der Waals surface area (Å²) >= 11 is 3.62. The molecule has 0 N–H and O–H groups in total. The maximum atomic E-state index is 3.62. The van der Waals surface area contributed by atoms with Crippen LogP contribution in [0.15, 0.2) is 0 Å².